The van der Waals surface area contributed by atoms with Crippen LogP contribution in [0.25, 0.3) is 55.9 Å². The van der Waals surface area contributed by atoms with Crippen LogP contribution < -0.4 is 0 Å². The Hall–Kier alpha value is -4.83. The molecule has 1 N–H and O–H groups in total. The quantitative estimate of drug-likeness (QED) is 0.303. The van der Waals surface area contributed by atoms with Gasteiger partial charge in [-0.2, -0.15) is 0 Å². The van der Waals surface area contributed by atoms with E-state index in [-0.39, 0.29) is 5.75 Å². The van der Waals surface area contributed by atoms with Gasteiger partial charge in [0.15, 0.2) is 5.82 Å². The summed E-state index contributed by atoms with van der Waals surface area (Å²) < 4.78 is 0. The molecule has 0 unspecified atom stereocenters. The molecule has 0 bridgehead atoms. The van der Waals surface area contributed by atoms with Gasteiger partial charge < -0.3 is 5.11 Å². The molecule has 2 heterocycles. The first-order valence-electron chi connectivity index (χ1n) is 11.4. The van der Waals surface area contributed by atoms with Crippen molar-refractivity contribution in [1.29, 1.82) is 0 Å². The SMILES string of the molecule is Oc1c(-c2cccc(-c3cc(-c4ccccc4)nc(-c4ccccc4)n3)c2)ccc2cccnc12. The topological polar surface area (TPSA) is 58.9 Å². The summed E-state index contributed by atoms with van der Waals surface area (Å²) >= 11 is 0. The monoisotopic (exact) mass is 451 g/mol. The van der Waals surface area contributed by atoms with E-state index in [4.69, 9.17) is 9.97 Å². The van der Waals surface area contributed by atoms with Crippen molar-refractivity contribution in [1.82, 2.24) is 15.0 Å². The molecule has 6 aromatic rings. The van der Waals surface area contributed by atoms with Gasteiger partial charge in [0, 0.05) is 33.8 Å². The van der Waals surface area contributed by atoms with Gasteiger partial charge in [0.25, 0.3) is 0 Å². The summed E-state index contributed by atoms with van der Waals surface area (Å²) in [6, 6.07) is 37.9. The number of rotatable bonds is 4. The van der Waals surface area contributed by atoms with Crippen LogP contribution in [0.2, 0.25) is 0 Å². The van der Waals surface area contributed by atoms with Gasteiger partial charge in [-0.3, -0.25) is 4.98 Å². The van der Waals surface area contributed by atoms with Gasteiger partial charge in [0.2, 0.25) is 0 Å². The van der Waals surface area contributed by atoms with Crippen molar-refractivity contribution in [3.05, 3.63) is 121 Å². The number of benzene rings is 4. The Labute approximate surface area is 203 Å². The molecule has 0 fully saturated rings. The van der Waals surface area contributed by atoms with Crippen molar-refractivity contribution in [3.63, 3.8) is 0 Å². The highest BCUT2D eigenvalue weighted by atomic mass is 16.3. The third-order valence-electron chi connectivity index (χ3n) is 6.04. The minimum atomic E-state index is 0.179. The molecule has 0 radical (unpaired) electrons. The molecule has 6 rings (SSSR count). The molecule has 35 heavy (non-hydrogen) atoms. The third kappa shape index (κ3) is 4.02. The molecule has 4 nitrogen and oxygen atoms in total. The van der Waals surface area contributed by atoms with Gasteiger partial charge in [0.1, 0.15) is 11.3 Å². The van der Waals surface area contributed by atoms with E-state index < -0.39 is 0 Å². The molecule has 0 amide bonds. The number of hydrogen-bond donors (Lipinski definition) is 1. The molecule has 2 aromatic heterocycles. The first-order valence-corrected chi connectivity index (χ1v) is 11.4. The lowest BCUT2D eigenvalue weighted by atomic mass is 9.98. The summed E-state index contributed by atoms with van der Waals surface area (Å²) in [4.78, 5) is 14.2. The van der Waals surface area contributed by atoms with Gasteiger partial charge in [-0.05, 0) is 29.8 Å². The summed E-state index contributed by atoms with van der Waals surface area (Å²) in [6.45, 7) is 0. The van der Waals surface area contributed by atoms with Crippen molar-refractivity contribution in [2.45, 2.75) is 0 Å². The Kier molecular flexibility index (Phi) is 5.24. The fourth-order valence-electron chi connectivity index (χ4n) is 4.28. The first-order chi connectivity index (χ1) is 17.3. The number of phenolic OH excluding ortho intramolecular Hbond substituents is 1. The molecule has 4 heteroatoms. The van der Waals surface area contributed by atoms with Crippen LogP contribution in [0.1, 0.15) is 0 Å². The van der Waals surface area contributed by atoms with Crippen molar-refractivity contribution in [3.8, 4) is 50.8 Å². The second-order valence-electron chi connectivity index (χ2n) is 8.31. The zero-order valence-electron chi connectivity index (χ0n) is 18.8. The fourth-order valence-corrected chi connectivity index (χ4v) is 4.28. The van der Waals surface area contributed by atoms with Crippen LogP contribution >= 0.6 is 0 Å². The van der Waals surface area contributed by atoms with E-state index in [2.05, 4.69) is 23.2 Å². The highest BCUT2D eigenvalue weighted by Crippen LogP contribution is 2.36. The molecule has 166 valence electrons. The molecule has 0 spiro atoms. The van der Waals surface area contributed by atoms with E-state index in [1.165, 1.54) is 0 Å². The van der Waals surface area contributed by atoms with Crippen molar-refractivity contribution in [2.24, 2.45) is 0 Å². The Morgan fingerprint density at radius 3 is 1.94 bits per heavy atom. The molecule has 0 aliphatic carbocycles. The van der Waals surface area contributed by atoms with Crippen LogP contribution in [0.5, 0.6) is 5.75 Å². The highest BCUT2D eigenvalue weighted by molar-refractivity contribution is 5.92. The predicted octanol–water partition coefficient (Wildman–Crippen LogP) is 7.40. The molecule has 0 saturated heterocycles. The van der Waals surface area contributed by atoms with Crippen molar-refractivity contribution in [2.75, 3.05) is 0 Å². The maximum absolute atomic E-state index is 11.0. The molecule has 0 aliphatic rings. The smallest absolute Gasteiger partial charge is 0.160 e. The predicted molar refractivity (Wildman–Crippen MR) is 141 cm³/mol. The normalized spacial score (nSPS) is 11.0. The fraction of sp³-hybridized carbons (Fsp3) is 0. The number of pyridine rings is 1. The Bertz CT molecular complexity index is 1590. The number of aromatic nitrogens is 3. The average Bonchev–Trinajstić information content (AvgIpc) is 2.94. The van der Waals surface area contributed by atoms with Gasteiger partial charge in [0.05, 0.1) is 11.4 Å². The van der Waals surface area contributed by atoms with Crippen LogP contribution in [0.15, 0.2) is 121 Å². The maximum atomic E-state index is 11.0. The second kappa shape index (κ2) is 8.84. The number of hydrogen-bond acceptors (Lipinski definition) is 4. The lowest BCUT2D eigenvalue weighted by Crippen LogP contribution is -1.96. The molecule has 0 atom stereocenters. The summed E-state index contributed by atoms with van der Waals surface area (Å²) in [7, 11) is 0. The second-order valence-corrected chi connectivity index (χ2v) is 8.31. The van der Waals surface area contributed by atoms with E-state index >= 15 is 0 Å². The van der Waals surface area contributed by atoms with Crippen LogP contribution in [0.3, 0.4) is 0 Å². The summed E-state index contributed by atoms with van der Waals surface area (Å²) in [5.41, 5.74) is 6.83. The number of aromatic hydroxyl groups is 1. The first kappa shape index (κ1) is 20.8. The van der Waals surface area contributed by atoms with E-state index in [1.807, 2.05) is 97.1 Å². The maximum Gasteiger partial charge on any atom is 0.160 e. The zero-order valence-corrected chi connectivity index (χ0v) is 18.8. The average molecular weight is 452 g/mol. The van der Waals surface area contributed by atoms with Crippen LogP contribution in [0, 0.1) is 0 Å². The van der Waals surface area contributed by atoms with Gasteiger partial charge in [-0.1, -0.05) is 91.0 Å². The number of fused-ring (bicyclic) bond motifs is 1. The Morgan fingerprint density at radius 2 is 1.17 bits per heavy atom. The van der Waals surface area contributed by atoms with Crippen LogP contribution in [0.4, 0.5) is 0 Å². The summed E-state index contributed by atoms with van der Waals surface area (Å²) in [5, 5.41) is 11.9. The van der Waals surface area contributed by atoms with Gasteiger partial charge >= 0.3 is 0 Å². The molecule has 0 saturated carbocycles. The minimum Gasteiger partial charge on any atom is -0.505 e. The van der Waals surface area contributed by atoms with E-state index in [9.17, 15) is 5.11 Å². The zero-order chi connectivity index (χ0) is 23.6. The lowest BCUT2D eigenvalue weighted by molar-refractivity contribution is 0.482. The molecular formula is C31H21N3O. The molecular weight excluding hydrogens is 430 g/mol. The standard InChI is InChI=1S/C31H21N3O/c35-30-26(17-16-22-15-8-18-32-29(22)30)24-13-7-14-25(19-24)28-20-27(21-9-3-1-4-10-21)33-31(34-28)23-11-5-2-6-12-23/h1-20,35H. The lowest BCUT2D eigenvalue weighted by Gasteiger charge is -2.11. The Morgan fingerprint density at radius 1 is 0.514 bits per heavy atom. The van der Waals surface area contributed by atoms with E-state index in [0.717, 1.165) is 44.6 Å². The minimum absolute atomic E-state index is 0.179. The molecule has 4 aromatic carbocycles. The highest BCUT2D eigenvalue weighted by Gasteiger charge is 2.13. The molecule has 0 aliphatic heterocycles. The summed E-state index contributed by atoms with van der Waals surface area (Å²) in [6.07, 6.45) is 1.69. The van der Waals surface area contributed by atoms with Gasteiger partial charge in [-0.15, -0.1) is 0 Å². The number of phenols is 1. The largest absolute Gasteiger partial charge is 0.505 e. The van der Waals surface area contributed by atoms with Crippen molar-refractivity contribution < 1.29 is 5.11 Å². The van der Waals surface area contributed by atoms with E-state index in [1.54, 1.807) is 6.20 Å². The van der Waals surface area contributed by atoms with Gasteiger partial charge in [-0.25, -0.2) is 9.97 Å². The third-order valence-corrected chi connectivity index (χ3v) is 6.04. The van der Waals surface area contributed by atoms with Crippen LogP contribution in [-0.2, 0) is 0 Å². The van der Waals surface area contributed by atoms with Crippen molar-refractivity contribution >= 4 is 10.9 Å². The Balaban J connectivity index is 1.50. The van der Waals surface area contributed by atoms with Crippen LogP contribution in [-0.4, -0.2) is 20.1 Å². The number of nitrogens with zero attached hydrogens (tertiary/aromatic N) is 3. The summed E-state index contributed by atoms with van der Waals surface area (Å²) in [5.74, 6) is 0.850. The van der Waals surface area contributed by atoms with E-state index in [0.29, 0.717) is 11.3 Å².